The summed E-state index contributed by atoms with van der Waals surface area (Å²) in [5.74, 6) is -1.52. The van der Waals surface area contributed by atoms with Crippen molar-refractivity contribution < 1.29 is 15.3 Å². The molecular weight excluding hydrogens is 304 g/mol. The zero-order valence-corrected chi connectivity index (χ0v) is 11.9. The highest BCUT2D eigenvalue weighted by molar-refractivity contribution is 6.04. The molecule has 0 aliphatic rings. The van der Waals surface area contributed by atoms with Crippen LogP contribution in [0.2, 0.25) is 0 Å². The van der Waals surface area contributed by atoms with Crippen LogP contribution in [0.5, 0.6) is 17.2 Å². The summed E-state index contributed by atoms with van der Waals surface area (Å²) in [6.45, 7) is 0. The fraction of sp³-hybridized carbons (Fsp3) is 0. The summed E-state index contributed by atoms with van der Waals surface area (Å²) in [6.07, 6.45) is 0. The highest BCUT2D eigenvalue weighted by Gasteiger charge is 2.23. The molecule has 11 nitrogen and oxygen atoms in total. The Hall–Kier alpha value is -3.76. The quantitative estimate of drug-likeness (QED) is 0.193. The number of rotatable bonds is 2. The van der Waals surface area contributed by atoms with Crippen LogP contribution in [0.4, 0.5) is 51.2 Å². The number of hydrogen-bond acceptors (Lipinski definition) is 11. The van der Waals surface area contributed by atoms with Crippen LogP contribution in [0.3, 0.4) is 0 Å². The lowest BCUT2D eigenvalue weighted by molar-refractivity contribution is 0.469. The van der Waals surface area contributed by atoms with Gasteiger partial charge in [-0.05, 0) is 0 Å². The van der Waals surface area contributed by atoms with E-state index in [0.29, 0.717) is 0 Å². The molecule has 0 radical (unpaired) electrons. The molecule has 18 N–H and O–H groups in total. The van der Waals surface area contributed by atoms with Crippen molar-refractivity contribution in [3.8, 4) is 17.2 Å². The molecule has 0 bridgehead atoms. The molecule has 0 spiro atoms. The van der Waals surface area contributed by atoms with Gasteiger partial charge in [-0.15, -0.1) is 0 Å². The average Bonchev–Trinajstić information content (AvgIpc) is 2.54. The summed E-state index contributed by atoms with van der Waals surface area (Å²) in [5, 5.41) is 32.2. The predicted molar refractivity (Wildman–Crippen MR) is 92.0 cm³/mol. The molecule has 0 saturated carbocycles. The lowest BCUT2D eigenvalue weighted by atomic mass is 10.1. The van der Waals surface area contributed by atoms with Crippen LogP contribution >= 0.6 is 0 Å². The minimum absolute atomic E-state index is 0.0247. The van der Waals surface area contributed by atoms with Gasteiger partial charge in [0.25, 0.3) is 0 Å². The Morgan fingerprint density at radius 1 is 0.435 bits per heavy atom. The van der Waals surface area contributed by atoms with Crippen molar-refractivity contribution >= 4 is 51.2 Å². The first-order valence-corrected chi connectivity index (χ1v) is 6.19. The first-order chi connectivity index (χ1) is 10.6. The Kier molecular flexibility index (Phi) is 3.33. The highest BCUT2D eigenvalue weighted by Crippen LogP contribution is 2.51. The second-order valence-corrected chi connectivity index (χ2v) is 4.82. The van der Waals surface area contributed by atoms with Crippen molar-refractivity contribution in [1.82, 2.24) is 0 Å². The molecule has 0 amide bonds. The first-order valence-electron chi connectivity index (χ1n) is 6.19. The van der Waals surface area contributed by atoms with Gasteiger partial charge >= 0.3 is 0 Å². The van der Waals surface area contributed by atoms with E-state index < -0.39 is 17.2 Å². The number of phenols is 3. The van der Waals surface area contributed by atoms with Crippen LogP contribution in [0.25, 0.3) is 0 Å². The number of benzene rings is 2. The standard InChI is InChI=1S/C12H18N8O3/c13-1-3(15)10(21)4(16)2(14)8(1)20-9-7(19)11(22)5(17)6(18)12(9)23/h20-23H,13-19H2. The molecule has 0 heterocycles. The number of hydrogen-bond donors (Lipinski definition) is 11. The van der Waals surface area contributed by atoms with Gasteiger partial charge in [0.1, 0.15) is 34.1 Å². The Balaban J connectivity index is 2.71. The van der Waals surface area contributed by atoms with Gasteiger partial charge in [-0.1, -0.05) is 0 Å². The van der Waals surface area contributed by atoms with E-state index in [1.807, 2.05) is 0 Å². The SMILES string of the molecule is Nc1c(N)c(Nc2c(N)c(O)c(N)c(N)c2O)c(N)c(N)c1O. The van der Waals surface area contributed by atoms with Crippen LogP contribution in [-0.4, -0.2) is 15.3 Å². The first kappa shape index (κ1) is 15.6. The molecule has 2 rings (SSSR count). The van der Waals surface area contributed by atoms with Crippen LogP contribution in [0.1, 0.15) is 0 Å². The molecule has 2 aromatic carbocycles. The average molecular weight is 322 g/mol. The van der Waals surface area contributed by atoms with Crippen LogP contribution in [-0.2, 0) is 0 Å². The van der Waals surface area contributed by atoms with Gasteiger partial charge in [-0.25, -0.2) is 0 Å². The van der Waals surface area contributed by atoms with Crippen molar-refractivity contribution in [3.05, 3.63) is 0 Å². The van der Waals surface area contributed by atoms with E-state index in [1.54, 1.807) is 0 Å². The topological polar surface area (TPSA) is 255 Å². The second kappa shape index (κ2) is 4.91. The third kappa shape index (κ3) is 2.07. The normalized spacial score (nSPS) is 10.6. The predicted octanol–water partition coefficient (Wildman–Crippen LogP) is -0.378. The van der Waals surface area contributed by atoms with Crippen LogP contribution in [0.15, 0.2) is 0 Å². The van der Waals surface area contributed by atoms with Gasteiger partial charge in [-0.2, -0.15) is 0 Å². The lowest BCUT2D eigenvalue weighted by Gasteiger charge is -2.20. The third-order valence-corrected chi connectivity index (χ3v) is 3.44. The van der Waals surface area contributed by atoms with Crippen molar-refractivity contribution in [2.45, 2.75) is 0 Å². The molecule has 0 aliphatic heterocycles. The van der Waals surface area contributed by atoms with Crippen molar-refractivity contribution in [2.75, 3.05) is 45.5 Å². The Morgan fingerprint density at radius 2 is 0.783 bits per heavy atom. The van der Waals surface area contributed by atoms with Crippen molar-refractivity contribution in [3.63, 3.8) is 0 Å². The Morgan fingerprint density at radius 3 is 1.26 bits per heavy atom. The van der Waals surface area contributed by atoms with E-state index in [2.05, 4.69) is 5.32 Å². The molecule has 0 saturated heterocycles. The summed E-state index contributed by atoms with van der Waals surface area (Å²) in [7, 11) is 0. The van der Waals surface area contributed by atoms with E-state index in [-0.39, 0.29) is 51.2 Å². The Bertz CT molecular complexity index is 695. The zero-order chi connectivity index (χ0) is 17.6. The molecule has 0 unspecified atom stereocenters. The molecule has 124 valence electrons. The third-order valence-electron chi connectivity index (χ3n) is 3.44. The van der Waals surface area contributed by atoms with E-state index >= 15 is 0 Å². The van der Waals surface area contributed by atoms with Gasteiger partial charge in [0, 0.05) is 0 Å². The summed E-state index contributed by atoms with van der Waals surface area (Å²) in [5.41, 5.74) is 37.8. The second-order valence-electron chi connectivity index (χ2n) is 4.82. The monoisotopic (exact) mass is 322 g/mol. The number of nitrogen functional groups attached to an aromatic ring is 7. The van der Waals surface area contributed by atoms with Crippen molar-refractivity contribution in [1.29, 1.82) is 0 Å². The smallest absolute Gasteiger partial charge is 0.166 e. The molecule has 11 heteroatoms. The van der Waals surface area contributed by atoms with Gasteiger partial charge < -0.3 is 60.8 Å². The fourth-order valence-electron chi connectivity index (χ4n) is 1.98. The van der Waals surface area contributed by atoms with Crippen LogP contribution in [0, 0.1) is 0 Å². The van der Waals surface area contributed by atoms with Gasteiger partial charge in [0.2, 0.25) is 0 Å². The fourth-order valence-corrected chi connectivity index (χ4v) is 1.98. The molecule has 0 atom stereocenters. The molecule has 0 aromatic heterocycles. The molecule has 0 fully saturated rings. The van der Waals surface area contributed by atoms with Gasteiger partial charge in [-0.3, -0.25) is 0 Å². The summed E-state index contributed by atoms with van der Waals surface area (Å²) < 4.78 is 0. The van der Waals surface area contributed by atoms with Gasteiger partial charge in [0.05, 0.1) is 17.1 Å². The molecule has 2 aromatic rings. The lowest BCUT2D eigenvalue weighted by Crippen LogP contribution is -2.09. The van der Waals surface area contributed by atoms with Crippen molar-refractivity contribution in [2.24, 2.45) is 0 Å². The number of aromatic hydroxyl groups is 3. The minimum atomic E-state index is -0.528. The highest BCUT2D eigenvalue weighted by atomic mass is 16.3. The maximum Gasteiger partial charge on any atom is 0.166 e. The number of nitrogens with two attached hydrogens (primary N) is 7. The van der Waals surface area contributed by atoms with Crippen LogP contribution < -0.4 is 45.5 Å². The van der Waals surface area contributed by atoms with E-state index in [0.717, 1.165) is 0 Å². The Labute approximate surface area is 130 Å². The maximum absolute atomic E-state index is 10.1. The zero-order valence-electron chi connectivity index (χ0n) is 11.9. The summed E-state index contributed by atoms with van der Waals surface area (Å²) in [6, 6.07) is 0. The van der Waals surface area contributed by atoms with E-state index in [9.17, 15) is 15.3 Å². The number of nitrogens with one attached hydrogen (secondary N) is 1. The summed E-state index contributed by atoms with van der Waals surface area (Å²) >= 11 is 0. The van der Waals surface area contributed by atoms with E-state index in [1.165, 1.54) is 0 Å². The molecule has 23 heavy (non-hydrogen) atoms. The largest absolute Gasteiger partial charge is 0.504 e. The van der Waals surface area contributed by atoms with E-state index in [4.69, 9.17) is 40.1 Å². The number of anilines is 9. The molecule has 0 aliphatic carbocycles. The van der Waals surface area contributed by atoms with Gasteiger partial charge in [0.15, 0.2) is 17.2 Å². The molecular formula is C12H18N8O3. The number of phenolic OH excluding ortho intramolecular Hbond substituents is 3. The minimum Gasteiger partial charge on any atom is -0.504 e. The maximum atomic E-state index is 10.1. The summed E-state index contributed by atoms with van der Waals surface area (Å²) in [4.78, 5) is 0.